The molecule has 0 bridgehead atoms. The third-order valence-corrected chi connectivity index (χ3v) is 4.66. The number of carbonyl (C=O) groups excluding carboxylic acids is 1. The summed E-state index contributed by atoms with van der Waals surface area (Å²) in [5.41, 5.74) is 0. The molecule has 1 saturated heterocycles. The van der Waals surface area contributed by atoms with Crippen molar-refractivity contribution in [3.05, 3.63) is 30.9 Å². The monoisotopic (exact) mass is 330 g/mol. The molecule has 3 rings (SSSR count). The molecular formula is C17H26N6O. The molecule has 0 aromatic carbocycles. The number of aromatic nitrogens is 5. The fourth-order valence-corrected chi connectivity index (χ4v) is 3.33. The van der Waals surface area contributed by atoms with Gasteiger partial charge in [0.1, 0.15) is 18.5 Å². The van der Waals surface area contributed by atoms with Crippen molar-refractivity contribution in [3.8, 4) is 0 Å². The summed E-state index contributed by atoms with van der Waals surface area (Å²) >= 11 is 0. The quantitative estimate of drug-likeness (QED) is 0.779. The minimum Gasteiger partial charge on any atom is -0.342 e. The summed E-state index contributed by atoms with van der Waals surface area (Å²) in [5.74, 6) is 1.68. The van der Waals surface area contributed by atoms with E-state index in [1.54, 1.807) is 11.0 Å². The number of carbonyl (C=O) groups is 1. The molecule has 0 aliphatic carbocycles. The lowest BCUT2D eigenvalue weighted by molar-refractivity contribution is -0.132. The molecule has 2 aromatic rings. The minimum atomic E-state index is 0.196. The van der Waals surface area contributed by atoms with Crippen molar-refractivity contribution in [2.24, 2.45) is 0 Å². The first-order valence-electron chi connectivity index (χ1n) is 8.89. The number of aryl methyl sites for hydroxylation is 2. The Morgan fingerprint density at radius 2 is 2.29 bits per heavy atom. The highest BCUT2D eigenvalue weighted by Crippen LogP contribution is 2.26. The topological polar surface area (TPSA) is 68.8 Å². The summed E-state index contributed by atoms with van der Waals surface area (Å²) in [7, 11) is 0. The van der Waals surface area contributed by atoms with Crippen LogP contribution in [0.25, 0.3) is 0 Å². The number of imidazole rings is 1. The highest BCUT2D eigenvalue weighted by atomic mass is 16.2. The van der Waals surface area contributed by atoms with Crippen molar-refractivity contribution in [1.29, 1.82) is 0 Å². The first-order valence-corrected chi connectivity index (χ1v) is 8.89. The highest BCUT2D eigenvalue weighted by molar-refractivity contribution is 5.76. The second-order valence-electron chi connectivity index (χ2n) is 6.42. The fraction of sp³-hybridized carbons (Fsp3) is 0.647. The maximum absolute atomic E-state index is 12.5. The predicted molar refractivity (Wildman–Crippen MR) is 90.3 cm³/mol. The normalized spacial score (nSPS) is 18.0. The number of unbranched alkanes of at least 4 members (excludes halogenated alkanes) is 1. The van der Waals surface area contributed by atoms with Gasteiger partial charge >= 0.3 is 0 Å². The van der Waals surface area contributed by atoms with Crippen LogP contribution in [0.5, 0.6) is 0 Å². The van der Waals surface area contributed by atoms with Gasteiger partial charge in [-0.3, -0.25) is 9.48 Å². The number of likely N-dealkylation sites (tertiary alicyclic amines) is 1. The van der Waals surface area contributed by atoms with Gasteiger partial charge in [-0.2, -0.15) is 5.10 Å². The summed E-state index contributed by atoms with van der Waals surface area (Å²) in [6.45, 7) is 5.43. The van der Waals surface area contributed by atoms with E-state index in [-0.39, 0.29) is 5.91 Å². The summed E-state index contributed by atoms with van der Waals surface area (Å²) in [4.78, 5) is 23.0. The van der Waals surface area contributed by atoms with E-state index in [0.29, 0.717) is 18.9 Å². The standard InChI is InChI=1S/C17H26N6O/c1-2-3-8-21-11-7-19-17(21)15-5-4-9-22(12-15)16(24)6-10-23-14-18-13-20-23/h7,11,13-15H,2-6,8-10,12H2,1H3/t15-/m1/s1. The van der Waals surface area contributed by atoms with Gasteiger partial charge in [-0.15, -0.1) is 0 Å². The van der Waals surface area contributed by atoms with Crippen molar-refractivity contribution in [2.45, 2.75) is 58.0 Å². The van der Waals surface area contributed by atoms with Gasteiger partial charge in [0.25, 0.3) is 0 Å². The van der Waals surface area contributed by atoms with Crippen LogP contribution in [-0.4, -0.2) is 48.2 Å². The van der Waals surface area contributed by atoms with E-state index >= 15 is 0 Å². The number of hydrogen-bond donors (Lipinski definition) is 0. The van der Waals surface area contributed by atoms with Crippen LogP contribution in [0, 0.1) is 0 Å². The molecule has 1 amide bonds. The molecule has 1 aliphatic heterocycles. The molecule has 24 heavy (non-hydrogen) atoms. The lowest BCUT2D eigenvalue weighted by Gasteiger charge is -2.32. The van der Waals surface area contributed by atoms with E-state index in [1.807, 2.05) is 11.1 Å². The molecule has 0 saturated carbocycles. The zero-order chi connectivity index (χ0) is 16.8. The molecule has 1 aliphatic rings. The molecule has 1 fully saturated rings. The number of nitrogens with zero attached hydrogens (tertiary/aromatic N) is 6. The zero-order valence-electron chi connectivity index (χ0n) is 14.3. The summed E-state index contributed by atoms with van der Waals surface area (Å²) < 4.78 is 3.97. The lowest BCUT2D eigenvalue weighted by Crippen LogP contribution is -2.40. The van der Waals surface area contributed by atoms with E-state index in [0.717, 1.165) is 44.7 Å². The lowest BCUT2D eigenvalue weighted by atomic mass is 9.96. The molecular weight excluding hydrogens is 304 g/mol. The van der Waals surface area contributed by atoms with E-state index in [2.05, 4.69) is 32.8 Å². The average Bonchev–Trinajstić information content (AvgIpc) is 3.29. The van der Waals surface area contributed by atoms with Gasteiger partial charge in [-0.25, -0.2) is 9.97 Å². The molecule has 130 valence electrons. The first kappa shape index (κ1) is 16.7. The Hall–Kier alpha value is -2.18. The number of rotatable bonds is 7. The van der Waals surface area contributed by atoms with Gasteiger partial charge in [-0.1, -0.05) is 13.3 Å². The largest absolute Gasteiger partial charge is 0.342 e. The SMILES string of the molecule is CCCCn1ccnc1[C@@H]1CCCN(C(=O)CCn2cncn2)C1. The van der Waals surface area contributed by atoms with Crippen LogP contribution < -0.4 is 0 Å². The third kappa shape index (κ3) is 4.01. The van der Waals surface area contributed by atoms with Gasteiger partial charge < -0.3 is 9.47 Å². The molecule has 0 radical (unpaired) electrons. The van der Waals surface area contributed by atoms with E-state index in [4.69, 9.17) is 0 Å². The summed E-state index contributed by atoms with van der Waals surface area (Å²) in [6.07, 6.45) is 12.1. The summed E-state index contributed by atoms with van der Waals surface area (Å²) in [6, 6.07) is 0. The fourth-order valence-electron chi connectivity index (χ4n) is 3.33. The Morgan fingerprint density at radius 3 is 3.08 bits per heavy atom. The Labute approximate surface area is 142 Å². The molecule has 2 aromatic heterocycles. The zero-order valence-corrected chi connectivity index (χ0v) is 14.3. The van der Waals surface area contributed by atoms with Crippen molar-refractivity contribution >= 4 is 5.91 Å². The van der Waals surface area contributed by atoms with E-state index in [9.17, 15) is 4.79 Å². The molecule has 0 unspecified atom stereocenters. The number of amides is 1. The Bertz CT molecular complexity index is 635. The van der Waals surface area contributed by atoms with Crippen LogP contribution in [0.3, 0.4) is 0 Å². The second-order valence-corrected chi connectivity index (χ2v) is 6.42. The molecule has 7 nitrogen and oxygen atoms in total. The Morgan fingerprint density at radius 1 is 1.38 bits per heavy atom. The van der Waals surface area contributed by atoms with Gasteiger partial charge in [0.15, 0.2) is 0 Å². The van der Waals surface area contributed by atoms with Crippen molar-refractivity contribution in [2.75, 3.05) is 13.1 Å². The maximum Gasteiger partial charge on any atom is 0.224 e. The van der Waals surface area contributed by atoms with Crippen LogP contribution in [0.4, 0.5) is 0 Å². The second kappa shape index (κ2) is 8.08. The maximum atomic E-state index is 12.5. The van der Waals surface area contributed by atoms with Crippen LogP contribution in [0.1, 0.15) is 50.8 Å². The van der Waals surface area contributed by atoms with Crippen LogP contribution in [-0.2, 0) is 17.9 Å². The minimum absolute atomic E-state index is 0.196. The summed E-state index contributed by atoms with van der Waals surface area (Å²) in [5, 5.41) is 4.05. The van der Waals surface area contributed by atoms with Gasteiger partial charge in [0, 0.05) is 44.4 Å². The Kier molecular flexibility index (Phi) is 5.61. The van der Waals surface area contributed by atoms with Gasteiger partial charge in [-0.05, 0) is 19.3 Å². The van der Waals surface area contributed by atoms with Crippen LogP contribution in [0.2, 0.25) is 0 Å². The highest BCUT2D eigenvalue weighted by Gasteiger charge is 2.27. The van der Waals surface area contributed by atoms with Crippen molar-refractivity contribution < 1.29 is 4.79 Å². The molecule has 0 spiro atoms. The van der Waals surface area contributed by atoms with E-state index < -0.39 is 0 Å². The predicted octanol–water partition coefficient (Wildman–Crippen LogP) is 2.07. The smallest absolute Gasteiger partial charge is 0.224 e. The first-order chi connectivity index (χ1) is 11.8. The van der Waals surface area contributed by atoms with Crippen LogP contribution in [0.15, 0.2) is 25.0 Å². The van der Waals surface area contributed by atoms with Crippen LogP contribution >= 0.6 is 0 Å². The molecule has 3 heterocycles. The molecule has 0 N–H and O–H groups in total. The Balaban J connectivity index is 1.57. The average molecular weight is 330 g/mol. The van der Waals surface area contributed by atoms with E-state index in [1.165, 1.54) is 12.7 Å². The van der Waals surface area contributed by atoms with Crippen molar-refractivity contribution in [3.63, 3.8) is 0 Å². The van der Waals surface area contributed by atoms with Gasteiger partial charge in [0.05, 0.1) is 6.54 Å². The number of piperidine rings is 1. The van der Waals surface area contributed by atoms with Crippen molar-refractivity contribution in [1.82, 2.24) is 29.2 Å². The third-order valence-electron chi connectivity index (χ3n) is 4.66. The molecule has 7 heteroatoms. The van der Waals surface area contributed by atoms with Gasteiger partial charge in [0.2, 0.25) is 5.91 Å². The molecule has 1 atom stereocenters. The number of hydrogen-bond acceptors (Lipinski definition) is 4.